The normalized spacial score (nSPS) is 17.9. The van der Waals surface area contributed by atoms with Crippen LogP contribution in [0.4, 0.5) is 0 Å². The van der Waals surface area contributed by atoms with Crippen LogP contribution in [-0.4, -0.2) is 56.2 Å². The molecular formula is C13H27N3O2. The monoisotopic (exact) mass is 257 g/mol. The Morgan fingerprint density at radius 3 is 2.78 bits per heavy atom. The zero-order valence-corrected chi connectivity index (χ0v) is 11.5. The van der Waals surface area contributed by atoms with E-state index >= 15 is 0 Å². The lowest BCUT2D eigenvalue weighted by atomic mass is 10.1. The molecule has 0 aromatic carbocycles. The lowest BCUT2D eigenvalue weighted by molar-refractivity contribution is -0.122. The number of likely N-dealkylation sites (tertiary alicyclic amines) is 1. The second-order valence-electron chi connectivity index (χ2n) is 4.84. The molecule has 1 rings (SSSR count). The molecule has 0 aliphatic carbocycles. The van der Waals surface area contributed by atoms with E-state index in [2.05, 4.69) is 17.1 Å². The Labute approximate surface area is 110 Å². The summed E-state index contributed by atoms with van der Waals surface area (Å²) in [5.41, 5.74) is 5.41. The Kier molecular flexibility index (Phi) is 7.96. The quantitative estimate of drug-likeness (QED) is 0.615. The molecule has 1 amide bonds. The van der Waals surface area contributed by atoms with Crippen molar-refractivity contribution in [1.29, 1.82) is 0 Å². The van der Waals surface area contributed by atoms with Gasteiger partial charge in [0.2, 0.25) is 5.91 Å². The molecule has 3 N–H and O–H groups in total. The molecule has 0 unspecified atom stereocenters. The molecule has 1 aliphatic heterocycles. The highest BCUT2D eigenvalue weighted by Crippen LogP contribution is 2.12. The summed E-state index contributed by atoms with van der Waals surface area (Å²) in [6.45, 7) is 6.55. The van der Waals surface area contributed by atoms with Gasteiger partial charge in [0.1, 0.15) is 0 Å². The molecule has 0 radical (unpaired) electrons. The molecule has 0 bridgehead atoms. The van der Waals surface area contributed by atoms with E-state index in [4.69, 9.17) is 10.5 Å². The molecule has 1 heterocycles. The Hall–Kier alpha value is -0.650. The lowest BCUT2D eigenvalue weighted by Crippen LogP contribution is -2.43. The maximum atomic E-state index is 11.6. The van der Waals surface area contributed by atoms with Gasteiger partial charge in [0.15, 0.2) is 0 Å². The van der Waals surface area contributed by atoms with Gasteiger partial charge in [-0.1, -0.05) is 13.3 Å². The van der Waals surface area contributed by atoms with Crippen LogP contribution >= 0.6 is 0 Å². The average molecular weight is 257 g/mol. The second kappa shape index (κ2) is 9.30. The Bertz CT molecular complexity index is 228. The number of carbonyl (C=O) groups excluding carboxylic acids is 1. The first kappa shape index (κ1) is 15.4. The van der Waals surface area contributed by atoms with Crippen LogP contribution < -0.4 is 11.1 Å². The van der Waals surface area contributed by atoms with E-state index in [-0.39, 0.29) is 5.91 Å². The van der Waals surface area contributed by atoms with Gasteiger partial charge in [0.25, 0.3) is 0 Å². The lowest BCUT2D eigenvalue weighted by Gasteiger charge is -2.31. The summed E-state index contributed by atoms with van der Waals surface area (Å²) in [7, 11) is 0. The molecular weight excluding hydrogens is 230 g/mol. The van der Waals surface area contributed by atoms with E-state index in [1.54, 1.807) is 0 Å². The fourth-order valence-corrected chi connectivity index (χ4v) is 2.13. The summed E-state index contributed by atoms with van der Waals surface area (Å²) >= 11 is 0. The van der Waals surface area contributed by atoms with Gasteiger partial charge < -0.3 is 15.8 Å². The second-order valence-corrected chi connectivity index (χ2v) is 4.84. The van der Waals surface area contributed by atoms with E-state index in [0.29, 0.717) is 25.8 Å². The van der Waals surface area contributed by atoms with Crippen LogP contribution in [0, 0.1) is 0 Å². The standard InChI is InChI=1S/C13H27N3O2/c1-2-3-7-15-13(17)11-16-8-4-12(5-9-16)18-10-6-14/h12H,2-11,14H2,1H3,(H,15,17). The van der Waals surface area contributed by atoms with Crippen LogP contribution in [0.3, 0.4) is 0 Å². The molecule has 5 nitrogen and oxygen atoms in total. The number of nitrogens with zero attached hydrogens (tertiary/aromatic N) is 1. The third-order valence-electron chi connectivity index (χ3n) is 3.23. The molecule has 5 heteroatoms. The van der Waals surface area contributed by atoms with Gasteiger partial charge in [-0.15, -0.1) is 0 Å². The highest BCUT2D eigenvalue weighted by Gasteiger charge is 2.20. The van der Waals surface area contributed by atoms with Crippen LogP contribution in [0.5, 0.6) is 0 Å². The first-order valence-electron chi connectivity index (χ1n) is 7.07. The van der Waals surface area contributed by atoms with Gasteiger partial charge in [0, 0.05) is 26.2 Å². The first-order valence-corrected chi connectivity index (χ1v) is 7.07. The van der Waals surface area contributed by atoms with Crippen LogP contribution in [0.2, 0.25) is 0 Å². The highest BCUT2D eigenvalue weighted by atomic mass is 16.5. The SMILES string of the molecule is CCCCNC(=O)CN1CCC(OCCN)CC1. The average Bonchev–Trinajstić information content (AvgIpc) is 2.38. The molecule has 0 saturated carbocycles. The zero-order chi connectivity index (χ0) is 13.2. The number of carbonyl (C=O) groups is 1. The number of nitrogens with one attached hydrogen (secondary N) is 1. The maximum absolute atomic E-state index is 11.6. The zero-order valence-electron chi connectivity index (χ0n) is 11.5. The van der Waals surface area contributed by atoms with Crippen molar-refractivity contribution in [2.24, 2.45) is 5.73 Å². The van der Waals surface area contributed by atoms with Gasteiger partial charge in [-0.25, -0.2) is 0 Å². The number of unbranched alkanes of at least 4 members (excludes halogenated alkanes) is 1. The van der Waals surface area contributed by atoms with Crippen molar-refractivity contribution in [2.75, 3.05) is 39.3 Å². The topological polar surface area (TPSA) is 67.6 Å². The van der Waals surface area contributed by atoms with Crippen molar-refractivity contribution in [1.82, 2.24) is 10.2 Å². The predicted octanol–water partition coefficient (Wildman–Crippen LogP) is 0.342. The minimum Gasteiger partial charge on any atom is -0.377 e. The van der Waals surface area contributed by atoms with Crippen molar-refractivity contribution < 1.29 is 9.53 Å². The maximum Gasteiger partial charge on any atom is 0.234 e. The van der Waals surface area contributed by atoms with Gasteiger partial charge in [-0.05, 0) is 19.3 Å². The van der Waals surface area contributed by atoms with E-state index in [0.717, 1.165) is 45.3 Å². The van der Waals surface area contributed by atoms with Crippen molar-refractivity contribution in [2.45, 2.75) is 38.7 Å². The van der Waals surface area contributed by atoms with Gasteiger partial charge in [-0.3, -0.25) is 9.69 Å². The third-order valence-corrected chi connectivity index (χ3v) is 3.23. The molecule has 1 aliphatic rings. The third kappa shape index (κ3) is 6.33. The number of ether oxygens (including phenoxy) is 1. The largest absolute Gasteiger partial charge is 0.377 e. The number of hydrogen-bond donors (Lipinski definition) is 2. The molecule has 0 atom stereocenters. The van der Waals surface area contributed by atoms with Crippen LogP contribution in [0.1, 0.15) is 32.6 Å². The van der Waals surface area contributed by atoms with Gasteiger partial charge in [0.05, 0.1) is 19.3 Å². The molecule has 0 aromatic rings. The number of nitrogens with two attached hydrogens (primary N) is 1. The van der Waals surface area contributed by atoms with Crippen LogP contribution in [0.25, 0.3) is 0 Å². The van der Waals surface area contributed by atoms with Crippen LogP contribution in [-0.2, 0) is 9.53 Å². The van der Waals surface area contributed by atoms with Crippen LogP contribution in [0.15, 0.2) is 0 Å². The first-order chi connectivity index (χ1) is 8.76. The Balaban J connectivity index is 2.09. The minimum atomic E-state index is 0.143. The molecule has 1 saturated heterocycles. The number of hydrogen-bond acceptors (Lipinski definition) is 4. The molecule has 0 aromatic heterocycles. The van der Waals surface area contributed by atoms with Crippen molar-refractivity contribution >= 4 is 5.91 Å². The Morgan fingerprint density at radius 2 is 2.17 bits per heavy atom. The summed E-state index contributed by atoms with van der Waals surface area (Å²) < 4.78 is 5.61. The highest BCUT2D eigenvalue weighted by molar-refractivity contribution is 5.77. The van der Waals surface area contributed by atoms with Crippen molar-refractivity contribution in [3.8, 4) is 0 Å². The fourth-order valence-electron chi connectivity index (χ4n) is 2.13. The molecule has 0 spiro atoms. The smallest absolute Gasteiger partial charge is 0.234 e. The number of piperidine rings is 1. The molecule has 106 valence electrons. The van der Waals surface area contributed by atoms with E-state index in [1.165, 1.54) is 0 Å². The predicted molar refractivity (Wildman–Crippen MR) is 72.4 cm³/mol. The van der Waals surface area contributed by atoms with Crippen molar-refractivity contribution in [3.63, 3.8) is 0 Å². The number of amides is 1. The summed E-state index contributed by atoms with van der Waals surface area (Å²) in [4.78, 5) is 13.8. The van der Waals surface area contributed by atoms with Gasteiger partial charge >= 0.3 is 0 Å². The molecule has 1 fully saturated rings. The Morgan fingerprint density at radius 1 is 1.44 bits per heavy atom. The summed E-state index contributed by atoms with van der Waals surface area (Å²) in [5, 5.41) is 2.95. The van der Waals surface area contributed by atoms with E-state index < -0.39 is 0 Å². The minimum absolute atomic E-state index is 0.143. The fraction of sp³-hybridized carbons (Fsp3) is 0.923. The summed E-state index contributed by atoms with van der Waals surface area (Å²) in [6.07, 6.45) is 4.50. The van der Waals surface area contributed by atoms with Crippen molar-refractivity contribution in [3.05, 3.63) is 0 Å². The van der Waals surface area contributed by atoms with E-state index in [1.807, 2.05) is 0 Å². The summed E-state index contributed by atoms with van der Waals surface area (Å²) in [6, 6.07) is 0. The van der Waals surface area contributed by atoms with Gasteiger partial charge in [-0.2, -0.15) is 0 Å². The number of rotatable bonds is 8. The molecule has 18 heavy (non-hydrogen) atoms. The van der Waals surface area contributed by atoms with E-state index in [9.17, 15) is 4.79 Å². The summed E-state index contributed by atoms with van der Waals surface area (Å²) in [5.74, 6) is 0.143.